The van der Waals surface area contributed by atoms with E-state index in [-0.39, 0.29) is 12.8 Å². The minimum atomic E-state index is -0.334. The Morgan fingerprint density at radius 1 is 1.26 bits per heavy atom. The molecular weight excluding hydrogens is 264 g/mol. The number of rotatable bonds is 6. The van der Waals surface area contributed by atoms with E-state index in [4.69, 9.17) is 14.2 Å². The maximum Gasteiger partial charge on any atom is 0.338 e. The molecule has 1 aromatic heterocycles. The van der Waals surface area contributed by atoms with Gasteiger partial charge in [0.15, 0.2) is 6.79 Å². The number of thiophene rings is 1. The Hall–Kier alpha value is -1.59. The van der Waals surface area contributed by atoms with Crippen molar-refractivity contribution in [3.63, 3.8) is 0 Å². The first-order valence-corrected chi connectivity index (χ1v) is 7.03. The number of esters is 1. The molecule has 0 aliphatic carbocycles. The smallest absolute Gasteiger partial charge is 0.338 e. The van der Waals surface area contributed by atoms with E-state index in [9.17, 15) is 4.79 Å². The van der Waals surface area contributed by atoms with Crippen molar-refractivity contribution in [1.29, 1.82) is 0 Å². The van der Waals surface area contributed by atoms with Crippen LogP contribution in [0.3, 0.4) is 0 Å². The monoisotopic (exact) mass is 280 g/mol. The number of benzene rings is 1. The van der Waals surface area contributed by atoms with Gasteiger partial charge < -0.3 is 14.2 Å². The second-order valence-electron chi connectivity index (χ2n) is 3.78. The van der Waals surface area contributed by atoms with Gasteiger partial charge in [0, 0.05) is 16.7 Å². The Balaban J connectivity index is 2.31. The Labute approximate surface area is 115 Å². The van der Waals surface area contributed by atoms with Crippen molar-refractivity contribution in [2.45, 2.75) is 13.8 Å². The first-order chi connectivity index (χ1) is 9.26. The van der Waals surface area contributed by atoms with Gasteiger partial charge in [-0.1, -0.05) is 0 Å². The summed E-state index contributed by atoms with van der Waals surface area (Å²) in [6.07, 6.45) is 0. The topological polar surface area (TPSA) is 44.8 Å². The Bertz CT molecular complexity index is 562. The molecule has 4 nitrogen and oxygen atoms in total. The molecule has 0 amide bonds. The summed E-state index contributed by atoms with van der Waals surface area (Å²) in [5, 5.41) is 2.95. The van der Waals surface area contributed by atoms with E-state index < -0.39 is 0 Å². The molecule has 0 atom stereocenters. The molecule has 0 bridgehead atoms. The summed E-state index contributed by atoms with van der Waals surface area (Å²) < 4.78 is 16.7. The number of ether oxygens (including phenoxy) is 3. The molecule has 0 saturated heterocycles. The van der Waals surface area contributed by atoms with Gasteiger partial charge in [0.25, 0.3) is 0 Å². The van der Waals surface area contributed by atoms with Gasteiger partial charge in [-0.3, -0.25) is 0 Å². The van der Waals surface area contributed by atoms with E-state index in [1.54, 1.807) is 24.3 Å². The van der Waals surface area contributed by atoms with Crippen LogP contribution in [0.1, 0.15) is 24.2 Å². The molecule has 0 radical (unpaired) electrons. The van der Waals surface area contributed by atoms with Crippen LogP contribution in [0.5, 0.6) is 5.75 Å². The van der Waals surface area contributed by atoms with E-state index >= 15 is 0 Å². The summed E-state index contributed by atoms with van der Waals surface area (Å²) in [7, 11) is 0. The number of carbonyl (C=O) groups excluding carboxylic acids is 1. The first kappa shape index (κ1) is 13.8. The van der Waals surface area contributed by atoms with Crippen molar-refractivity contribution >= 4 is 27.4 Å². The van der Waals surface area contributed by atoms with Gasteiger partial charge >= 0.3 is 5.97 Å². The molecule has 0 saturated carbocycles. The Morgan fingerprint density at radius 2 is 2.11 bits per heavy atom. The summed E-state index contributed by atoms with van der Waals surface area (Å²) in [5.41, 5.74) is 0.503. The highest BCUT2D eigenvalue weighted by atomic mass is 32.1. The molecular formula is C14H16O4S. The summed E-state index contributed by atoms with van der Waals surface area (Å²) in [6, 6.07) is 5.49. The standard InChI is InChI=1S/C14H16O4S/c1-3-16-9-18-12-7-10(14(15)17-4-2)8-13-11(12)5-6-19-13/h5-8H,3-4,9H2,1-2H3. The lowest BCUT2D eigenvalue weighted by atomic mass is 10.1. The molecule has 0 aliphatic heterocycles. The molecule has 19 heavy (non-hydrogen) atoms. The van der Waals surface area contributed by atoms with Crippen LogP contribution >= 0.6 is 11.3 Å². The zero-order valence-electron chi connectivity index (χ0n) is 11.0. The second-order valence-corrected chi connectivity index (χ2v) is 4.73. The predicted molar refractivity (Wildman–Crippen MR) is 74.9 cm³/mol. The van der Waals surface area contributed by atoms with Crippen LogP contribution in [0.15, 0.2) is 23.6 Å². The highest BCUT2D eigenvalue weighted by Gasteiger charge is 2.12. The molecule has 0 aliphatic rings. The van der Waals surface area contributed by atoms with Gasteiger partial charge in [-0.15, -0.1) is 11.3 Å². The summed E-state index contributed by atoms with van der Waals surface area (Å²) in [5.74, 6) is 0.314. The average Bonchev–Trinajstić information content (AvgIpc) is 2.87. The Morgan fingerprint density at radius 3 is 2.84 bits per heavy atom. The molecule has 0 unspecified atom stereocenters. The third kappa shape index (κ3) is 3.24. The van der Waals surface area contributed by atoms with Crippen LogP contribution in [0, 0.1) is 0 Å². The number of hydrogen-bond donors (Lipinski definition) is 0. The van der Waals surface area contributed by atoms with Gasteiger partial charge in [0.2, 0.25) is 0 Å². The van der Waals surface area contributed by atoms with Gasteiger partial charge in [-0.05, 0) is 37.4 Å². The average molecular weight is 280 g/mol. The van der Waals surface area contributed by atoms with Crippen molar-refractivity contribution < 1.29 is 19.0 Å². The molecule has 1 aromatic carbocycles. The van der Waals surface area contributed by atoms with Crippen LogP contribution in [-0.2, 0) is 9.47 Å². The van der Waals surface area contributed by atoms with Gasteiger partial charge in [0.05, 0.1) is 12.2 Å². The highest BCUT2D eigenvalue weighted by molar-refractivity contribution is 7.17. The lowest BCUT2D eigenvalue weighted by Crippen LogP contribution is -2.06. The van der Waals surface area contributed by atoms with Gasteiger partial charge in [-0.25, -0.2) is 4.79 Å². The zero-order chi connectivity index (χ0) is 13.7. The lowest BCUT2D eigenvalue weighted by Gasteiger charge is -2.09. The molecule has 2 aromatic rings. The SMILES string of the molecule is CCOCOc1cc(C(=O)OCC)cc2sccc12. The van der Waals surface area contributed by atoms with Gasteiger partial charge in [0.1, 0.15) is 5.75 Å². The van der Waals surface area contributed by atoms with Crippen molar-refractivity contribution in [3.8, 4) is 5.75 Å². The van der Waals surface area contributed by atoms with Crippen molar-refractivity contribution in [2.75, 3.05) is 20.0 Å². The van der Waals surface area contributed by atoms with Crippen LogP contribution in [0.2, 0.25) is 0 Å². The van der Waals surface area contributed by atoms with Crippen molar-refractivity contribution in [2.24, 2.45) is 0 Å². The van der Waals surface area contributed by atoms with E-state index in [1.807, 2.05) is 24.4 Å². The largest absolute Gasteiger partial charge is 0.467 e. The third-order valence-corrected chi connectivity index (χ3v) is 3.41. The first-order valence-electron chi connectivity index (χ1n) is 6.15. The number of carbonyl (C=O) groups is 1. The van der Waals surface area contributed by atoms with Crippen LogP contribution in [0.4, 0.5) is 0 Å². The number of hydrogen-bond acceptors (Lipinski definition) is 5. The summed E-state index contributed by atoms with van der Waals surface area (Å²) >= 11 is 1.56. The maximum absolute atomic E-state index is 11.8. The van der Waals surface area contributed by atoms with Crippen LogP contribution in [-0.4, -0.2) is 26.0 Å². The number of fused-ring (bicyclic) bond motifs is 1. The normalized spacial score (nSPS) is 10.6. The fourth-order valence-corrected chi connectivity index (χ4v) is 2.52. The molecule has 2 rings (SSSR count). The van der Waals surface area contributed by atoms with Gasteiger partial charge in [-0.2, -0.15) is 0 Å². The third-order valence-electron chi connectivity index (χ3n) is 2.55. The lowest BCUT2D eigenvalue weighted by molar-refractivity contribution is 0.0231. The fraction of sp³-hybridized carbons (Fsp3) is 0.357. The highest BCUT2D eigenvalue weighted by Crippen LogP contribution is 2.31. The van der Waals surface area contributed by atoms with E-state index in [1.165, 1.54) is 0 Å². The maximum atomic E-state index is 11.8. The molecule has 102 valence electrons. The molecule has 0 N–H and O–H groups in total. The molecule has 5 heteroatoms. The summed E-state index contributed by atoms with van der Waals surface area (Å²) in [6.45, 7) is 4.81. The van der Waals surface area contributed by atoms with E-state index in [0.717, 1.165) is 10.1 Å². The van der Waals surface area contributed by atoms with Crippen molar-refractivity contribution in [3.05, 3.63) is 29.1 Å². The summed E-state index contributed by atoms with van der Waals surface area (Å²) in [4.78, 5) is 11.8. The van der Waals surface area contributed by atoms with Crippen LogP contribution in [0.25, 0.3) is 10.1 Å². The molecule has 0 spiro atoms. The second kappa shape index (κ2) is 6.54. The quantitative estimate of drug-likeness (QED) is 0.462. The Kier molecular flexibility index (Phi) is 4.76. The molecule has 1 heterocycles. The minimum absolute atomic E-state index is 0.174. The zero-order valence-corrected chi connectivity index (χ0v) is 11.8. The minimum Gasteiger partial charge on any atom is -0.467 e. The van der Waals surface area contributed by atoms with Crippen molar-refractivity contribution in [1.82, 2.24) is 0 Å². The fourth-order valence-electron chi connectivity index (χ4n) is 1.68. The van der Waals surface area contributed by atoms with E-state index in [0.29, 0.717) is 24.5 Å². The van der Waals surface area contributed by atoms with E-state index in [2.05, 4.69) is 0 Å². The predicted octanol–water partition coefficient (Wildman–Crippen LogP) is 3.45. The molecule has 0 fully saturated rings. The van der Waals surface area contributed by atoms with Crippen LogP contribution < -0.4 is 4.74 Å².